The minimum Gasteiger partial charge on any atom is -0.468 e. The van der Waals surface area contributed by atoms with Gasteiger partial charge in [0, 0.05) is 0 Å². The molecule has 0 aromatic carbocycles. The van der Waals surface area contributed by atoms with Gasteiger partial charge < -0.3 is 4.74 Å². The van der Waals surface area contributed by atoms with Crippen LogP contribution in [0.3, 0.4) is 0 Å². The Morgan fingerprint density at radius 2 is 1.82 bits per heavy atom. The van der Waals surface area contributed by atoms with E-state index in [0.29, 0.717) is 5.92 Å². The molecule has 0 saturated carbocycles. The second-order valence-corrected chi connectivity index (χ2v) is 2.68. The number of rotatable bonds is 1. The van der Waals surface area contributed by atoms with Crippen LogP contribution in [0.4, 0.5) is 0 Å². The molecular weight excluding hydrogens is 140 g/mol. The summed E-state index contributed by atoms with van der Waals surface area (Å²) in [6, 6.07) is 0. The van der Waals surface area contributed by atoms with Crippen molar-refractivity contribution in [2.45, 2.75) is 6.92 Å². The Labute approximate surface area is 66.5 Å². The Morgan fingerprint density at radius 3 is 2.27 bits per heavy atom. The molecule has 0 aromatic heterocycles. The van der Waals surface area contributed by atoms with Crippen LogP contribution in [0.5, 0.6) is 0 Å². The molecule has 11 heavy (non-hydrogen) atoms. The Bertz CT molecular complexity index is 190. The first-order valence-electron chi connectivity index (χ1n) is 3.68. The van der Waals surface area contributed by atoms with Crippen molar-refractivity contribution in [2.24, 2.45) is 11.8 Å². The third-order valence-corrected chi connectivity index (χ3v) is 1.72. The number of hydrogen-bond donors (Lipinski definition) is 0. The fraction of sp³-hybridized carbons (Fsp3) is 0.444. The highest BCUT2D eigenvalue weighted by Gasteiger charge is 2.14. The predicted molar refractivity (Wildman–Crippen MR) is 43.0 cm³/mol. The Balaban J connectivity index is 2.58. The van der Waals surface area contributed by atoms with E-state index in [9.17, 15) is 4.79 Å². The summed E-state index contributed by atoms with van der Waals surface area (Å²) >= 11 is 0. The number of esters is 1. The molecule has 1 aliphatic carbocycles. The standard InChI is InChI=1S/C9H12O2/c1-7-3-5-8(6-4-7)9(10)11-2/h3-8H,1-2H3. The van der Waals surface area contributed by atoms with Crippen molar-refractivity contribution in [3.05, 3.63) is 24.3 Å². The van der Waals surface area contributed by atoms with Crippen molar-refractivity contribution in [2.75, 3.05) is 7.11 Å². The van der Waals surface area contributed by atoms with Crippen molar-refractivity contribution >= 4 is 5.97 Å². The van der Waals surface area contributed by atoms with Crippen LogP contribution in [0.2, 0.25) is 0 Å². The molecule has 0 aliphatic heterocycles. The topological polar surface area (TPSA) is 26.3 Å². The summed E-state index contributed by atoms with van der Waals surface area (Å²) in [5.41, 5.74) is 0. The molecule has 2 heteroatoms. The highest BCUT2D eigenvalue weighted by atomic mass is 16.5. The van der Waals surface area contributed by atoms with Crippen molar-refractivity contribution in [3.8, 4) is 0 Å². The molecule has 0 radical (unpaired) electrons. The van der Waals surface area contributed by atoms with Gasteiger partial charge >= 0.3 is 5.97 Å². The van der Waals surface area contributed by atoms with Crippen LogP contribution in [-0.2, 0) is 9.53 Å². The molecule has 0 amide bonds. The number of carbonyl (C=O) groups is 1. The van der Waals surface area contributed by atoms with Gasteiger partial charge in [-0.2, -0.15) is 0 Å². The van der Waals surface area contributed by atoms with Crippen LogP contribution < -0.4 is 0 Å². The van der Waals surface area contributed by atoms with E-state index in [0.717, 1.165) is 0 Å². The molecule has 0 fully saturated rings. The molecule has 1 aliphatic rings. The summed E-state index contributed by atoms with van der Waals surface area (Å²) in [5, 5.41) is 0. The Morgan fingerprint density at radius 1 is 1.27 bits per heavy atom. The van der Waals surface area contributed by atoms with Crippen LogP contribution in [0.25, 0.3) is 0 Å². The molecule has 60 valence electrons. The average Bonchev–Trinajstić information content (AvgIpc) is 2.05. The molecule has 0 bridgehead atoms. The highest BCUT2D eigenvalue weighted by Crippen LogP contribution is 2.14. The summed E-state index contributed by atoms with van der Waals surface area (Å²) in [5.74, 6) is 0.0801. The van der Waals surface area contributed by atoms with Gasteiger partial charge in [-0.1, -0.05) is 31.2 Å². The Kier molecular flexibility index (Phi) is 2.47. The van der Waals surface area contributed by atoms with Gasteiger partial charge in [-0.15, -0.1) is 0 Å². The predicted octanol–water partition coefficient (Wildman–Crippen LogP) is 1.54. The van der Waals surface area contributed by atoms with Crippen LogP contribution in [0.1, 0.15) is 6.92 Å². The zero-order valence-corrected chi connectivity index (χ0v) is 6.78. The second kappa shape index (κ2) is 3.37. The largest absolute Gasteiger partial charge is 0.468 e. The van der Waals surface area contributed by atoms with E-state index in [4.69, 9.17) is 0 Å². The molecule has 0 unspecified atom stereocenters. The van der Waals surface area contributed by atoms with E-state index in [1.54, 1.807) is 0 Å². The van der Waals surface area contributed by atoms with Crippen LogP contribution in [-0.4, -0.2) is 13.1 Å². The monoisotopic (exact) mass is 152 g/mol. The summed E-state index contributed by atoms with van der Waals surface area (Å²) in [4.78, 5) is 10.9. The maximum absolute atomic E-state index is 10.9. The molecule has 0 N–H and O–H groups in total. The van der Waals surface area contributed by atoms with Crippen molar-refractivity contribution < 1.29 is 9.53 Å². The molecule has 1 rings (SSSR count). The summed E-state index contributed by atoms with van der Waals surface area (Å²) in [7, 11) is 1.40. The minimum absolute atomic E-state index is 0.170. The summed E-state index contributed by atoms with van der Waals surface area (Å²) < 4.78 is 4.58. The Hall–Kier alpha value is -1.05. The molecule has 2 nitrogen and oxygen atoms in total. The van der Waals surface area contributed by atoms with Gasteiger partial charge in [0.25, 0.3) is 0 Å². The van der Waals surface area contributed by atoms with Gasteiger partial charge in [-0.05, 0) is 5.92 Å². The fourth-order valence-electron chi connectivity index (χ4n) is 1.01. The number of carbonyl (C=O) groups excluding carboxylic acids is 1. The van der Waals surface area contributed by atoms with Gasteiger partial charge in [-0.25, -0.2) is 0 Å². The average molecular weight is 152 g/mol. The quantitative estimate of drug-likeness (QED) is 0.421. The number of hydrogen-bond acceptors (Lipinski definition) is 2. The van der Waals surface area contributed by atoms with Gasteiger partial charge in [0.15, 0.2) is 0 Å². The lowest BCUT2D eigenvalue weighted by Gasteiger charge is -2.10. The van der Waals surface area contributed by atoms with Gasteiger partial charge in [0.1, 0.15) is 0 Å². The lowest BCUT2D eigenvalue weighted by molar-refractivity contribution is -0.142. The SMILES string of the molecule is COC(=O)C1C=CC(C)C=C1. The number of methoxy groups -OCH3 is 1. The van der Waals surface area contributed by atoms with Crippen molar-refractivity contribution in [1.29, 1.82) is 0 Å². The van der Waals surface area contributed by atoms with Crippen molar-refractivity contribution in [1.82, 2.24) is 0 Å². The van der Waals surface area contributed by atoms with Crippen LogP contribution in [0.15, 0.2) is 24.3 Å². The van der Waals surface area contributed by atoms with E-state index < -0.39 is 0 Å². The highest BCUT2D eigenvalue weighted by molar-refractivity contribution is 5.76. The third-order valence-electron chi connectivity index (χ3n) is 1.72. The molecule has 0 aromatic rings. The van der Waals surface area contributed by atoms with E-state index in [1.165, 1.54) is 7.11 Å². The molecule has 0 saturated heterocycles. The first kappa shape index (κ1) is 8.05. The normalized spacial score (nSPS) is 28.5. The second-order valence-electron chi connectivity index (χ2n) is 2.68. The third kappa shape index (κ3) is 1.93. The first-order chi connectivity index (χ1) is 5.24. The van der Waals surface area contributed by atoms with Gasteiger partial charge in [0.2, 0.25) is 0 Å². The molecule has 0 atom stereocenters. The molecule has 0 heterocycles. The number of ether oxygens (including phenoxy) is 1. The fourth-order valence-corrected chi connectivity index (χ4v) is 1.01. The summed E-state index contributed by atoms with van der Waals surface area (Å²) in [6.45, 7) is 2.07. The van der Waals surface area contributed by atoms with E-state index in [-0.39, 0.29) is 11.9 Å². The van der Waals surface area contributed by atoms with Crippen LogP contribution >= 0.6 is 0 Å². The van der Waals surface area contributed by atoms with E-state index in [1.807, 2.05) is 24.3 Å². The lowest BCUT2D eigenvalue weighted by atomic mass is 9.98. The van der Waals surface area contributed by atoms with E-state index >= 15 is 0 Å². The number of allylic oxidation sites excluding steroid dienone is 2. The minimum atomic E-state index is -0.190. The maximum Gasteiger partial charge on any atom is 0.316 e. The summed E-state index contributed by atoms with van der Waals surface area (Å²) in [6.07, 6.45) is 7.75. The smallest absolute Gasteiger partial charge is 0.316 e. The molecule has 0 spiro atoms. The van der Waals surface area contributed by atoms with E-state index in [2.05, 4.69) is 11.7 Å². The zero-order chi connectivity index (χ0) is 8.27. The lowest BCUT2D eigenvalue weighted by Crippen LogP contribution is -2.13. The van der Waals surface area contributed by atoms with Crippen LogP contribution in [0, 0.1) is 11.8 Å². The first-order valence-corrected chi connectivity index (χ1v) is 3.68. The maximum atomic E-state index is 10.9. The van der Waals surface area contributed by atoms with Gasteiger partial charge in [0.05, 0.1) is 13.0 Å². The zero-order valence-electron chi connectivity index (χ0n) is 6.78. The molecular formula is C9H12O2. The van der Waals surface area contributed by atoms with Gasteiger partial charge in [-0.3, -0.25) is 4.79 Å². The van der Waals surface area contributed by atoms with Crippen molar-refractivity contribution in [3.63, 3.8) is 0 Å².